The maximum Gasteiger partial charge on any atom is 0.417 e. The molecule has 0 aliphatic heterocycles. The summed E-state index contributed by atoms with van der Waals surface area (Å²) in [6.45, 7) is 0.589. The van der Waals surface area contributed by atoms with E-state index in [1.165, 1.54) is 0 Å². The molecule has 0 unspecified atom stereocenters. The van der Waals surface area contributed by atoms with E-state index in [2.05, 4.69) is 5.32 Å². The molecule has 0 spiro atoms. The smallest absolute Gasteiger partial charge is 0.330 e. The molecule has 0 aliphatic carbocycles. The van der Waals surface area contributed by atoms with Gasteiger partial charge in [-0.05, 0) is 25.5 Å². The van der Waals surface area contributed by atoms with Crippen LogP contribution in [0.3, 0.4) is 0 Å². The summed E-state index contributed by atoms with van der Waals surface area (Å²) >= 11 is 0. The Labute approximate surface area is 119 Å². The maximum absolute atomic E-state index is 12.5. The quantitative estimate of drug-likeness (QED) is 0.675. The average molecular weight is 305 g/mol. The fraction of sp³-hybridized carbons (Fsp3) is 0.538. The van der Waals surface area contributed by atoms with Gasteiger partial charge in [-0.3, -0.25) is 9.59 Å². The van der Waals surface area contributed by atoms with Crippen molar-refractivity contribution in [1.29, 1.82) is 0 Å². The zero-order valence-electron chi connectivity index (χ0n) is 11.4. The van der Waals surface area contributed by atoms with Gasteiger partial charge in [0.2, 0.25) is 5.91 Å². The molecule has 4 N–H and O–H groups in total. The molecule has 1 rings (SSSR count). The summed E-state index contributed by atoms with van der Waals surface area (Å²) in [5, 5.41) is 2.21. The minimum absolute atomic E-state index is 0.153. The number of unbranched alkanes of at least 4 members (excludes halogenated alkanes) is 3. The number of hydrogen-bond donors (Lipinski definition) is 3. The molecular weight excluding hydrogens is 287 g/mol. The van der Waals surface area contributed by atoms with Crippen molar-refractivity contribution in [3.8, 4) is 0 Å². The van der Waals surface area contributed by atoms with Crippen molar-refractivity contribution in [2.45, 2.75) is 38.3 Å². The Morgan fingerprint density at radius 2 is 1.90 bits per heavy atom. The Bertz CT molecular complexity index is 526. The summed E-state index contributed by atoms with van der Waals surface area (Å²) in [4.78, 5) is 24.9. The second-order valence-corrected chi connectivity index (χ2v) is 4.63. The number of nitrogens with one attached hydrogen (secondary N) is 2. The molecule has 0 saturated carbocycles. The van der Waals surface area contributed by atoms with Crippen LogP contribution in [-0.4, -0.2) is 17.4 Å². The molecule has 0 aliphatic rings. The van der Waals surface area contributed by atoms with Crippen molar-refractivity contribution in [3.63, 3.8) is 0 Å². The predicted octanol–water partition coefficient (Wildman–Crippen LogP) is 2.24. The molecule has 1 heterocycles. The van der Waals surface area contributed by atoms with Gasteiger partial charge in [-0.2, -0.15) is 13.2 Å². The van der Waals surface area contributed by atoms with Crippen LogP contribution in [-0.2, 0) is 11.0 Å². The molecule has 0 radical (unpaired) electrons. The molecular formula is C13H18F3N3O2. The Morgan fingerprint density at radius 3 is 2.52 bits per heavy atom. The van der Waals surface area contributed by atoms with E-state index < -0.39 is 28.9 Å². The summed E-state index contributed by atoms with van der Waals surface area (Å²) in [5.41, 5.74) is 3.16. The third kappa shape index (κ3) is 5.99. The number of carbonyl (C=O) groups is 1. The number of aromatic amines is 1. The van der Waals surface area contributed by atoms with Crippen LogP contribution in [0.15, 0.2) is 17.1 Å². The SMILES string of the molecule is NCCCCCCC(=O)Nc1cc(C(F)(F)F)c[nH]c1=O. The van der Waals surface area contributed by atoms with Gasteiger partial charge in [0.1, 0.15) is 5.69 Å². The van der Waals surface area contributed by atoms with Gasteiger partial charge >= 0.3 is 6.18 Å². The second kappa shape index (κ2) is 7.82. The van der Waals surface area contributed by atoms with Crippen LogP contribution in [0.5, 0.6) is 0 Å². The predicted molar refractivity (Wildman–Crippen MR) is 72.8 cm³/mol. The lowest BCUT2D eigenvalue weighted by atomic mass is 10.1. The Kier molecular flexibility index (Phi) is 6.41. The van der Waals surface area contributed by atoms with Gasteiger partial charge < -0.3 is 16.0 Å². The number of nitrogens with two attached hydrogens (primary N) is 1. The highest BCUT2D eigenvalue weighted by atomic mass is 19.4. The van der Waals surface area contributed by atoms with E-state index in [1.54, 1.807) is 0 Å². The van der Waals surface area contributed by atoms with Crippen molar-refractivity contribution < 1.29 is 18.0 Å². The number of aromatic nitrogens is 1. The summed E-state index contributed by atoms with van der Waals surface area (Å²) < 4.78 is 37.5. The molecule has 0 atom stereocenters. The van der Waals surface area contributed by atoms with Gasteiger partial charge in [0.25, 0.3) is 5.56 Å². The minimum Gasteiger partial charge on any atom is -0.330 e. The molecule has 1 amide bonds. The van der Waals surface area contributed by atoms with Crippen LogP contribution in [0, 0.1) is 0 Å². The molecule has 8 heteroatoms. The largest absolute Gasteiger partial charge is 0.417 e. The number of amides is 1. The van der Waals surface area contributed by atoms with Crippen LogP contribution in [0.25, 0.3) is 0 Å². The zero-order valence-corrected chi connectivity index (χ0v) is 11.4. The van der Waals surface area contributed by atoms with Crippen LogP contribution in [0.2, 0.25) is 0 Å². The fourth-order valence-electron chi connectivity index (χ4n) is 1.74. The maximum atomic E-state index is 12.5. The minimum atomic E-state index is -4.58. The zero-order chi connectivity index (χ0) is 15.9. The van der Waals surface area contributed by atoms with E-state index in [0.29, 0.717) is 25.2 Å². The molecule has 0 saturated heterocycles. The van der Waals surface area contributed by atoms with E-state index >= 15 is 0 Å². The lowest BCUT2D eigenvalue weighted by Crippen LogP contribution is -2.21. The first kappa shape index (κ1) is 17.2. The lowest BCUT2D eigenvalue weighted by Gasteiger charge is -2.09. The third-order valence-electron chi connectivity index (χ3n) is 2.86. The Balaban J connectivity index is 2.58. The summed E-state index contributed by atoms with van der Waals surface area (Å²) in [7, 11) is 0. The number of rotatable bonds is 7. The van der Waals surface area contributed by atoms with Crippen molar-refractivity contribution in [2.75, 3.05) is 11.9 Å². The molecule has 1 aromatic rings. The first-order valence-electron chi connectivity index (χ1n) is 6.64. The molecule has 1 aromatic heterocycles. The highest BCUT2D eigenvalue weighted by molar-refractivity contribution is 5.90. The van der Waals surface area contributed by atoms with Crippen LogP contribution in [0.1, 0.15) is 37.7 Å². The van der Waals surface area contributed by atoms with Crippen molar-refractivity contribution in [1.82, 2.24) is 4.98 Å². The summed E-state index contributed by atoms with van der Waals surface area (Å²) in [5.74, 6) is -0.479. The first-order valence-corrected chi connectivity index (χ1v) is 6.64. The van der Waals surface area contributed by atoms with Gasteiger partial charge in [-0.25, -0.2) is 0 Å². The molecule has 0 bridgehead atoms. The first-order chi connectivity index (χ1) is 9.84. The number of anilines is 1. The average Bonchev–Trinajstić information content (AvgIpc) is 2.40. The van der Waals surface area contributed by atoms with Crippen LogP contribution in [0.4, 0.5) is 18.9 Å². The number of hydrogen-bond acceptors (Lipinski definition) is 3. The van der Waals surface area contributed by atoms with Gasteiger partial charge in [-0.1, -0.05) is 12.8 Å². The highest BCUT2D eigenvalue weighted by Crippen LogP contribution is 2.29. The van der Waals surface area contributed by atoms with Crippen LogP contribution >= 0.6 is 0 Å². The van der Waals surface area contributed by atoms with E-state index in [0.717, 1.165) is 19.3 Å². The van der Waals surface area contributed by atoms with E-state index in [4.69, 9.17) is 5.73 Å². The molecule has 21 heavy (non-hydrogen) atoms. The Hall–Kier alpha value is -1.83. The monoisotopic (exact) mass is 305 g/mol. The number of H-pyrrole nitrogens is 1. The van der Waals surface area contributed by atoms with Gasteiger partial charge in [0, 0.05) is 12.6 Å². The van der Waals surface area contributed by atoms with Gasteiger partial charge in [0.15, 0.2) is 0 Å². The number of halogens is 3. The lowest BCUT2D eigenvalue weighted by molar-refractivity contribution is -0.137. The second-order valence-electron chi connectivity index (χ2n) is 4.63. The van der Waals surface area contributed by atoms with Gasteiger partial charge in [0.05, 0.1) is 5.56 Å². The number of alkyl halides is 3. The van der Waals surface area contributed by atoms with Crippen molar-refractivity contribution >= 4 is 11.6 Å². The molecule has 118 valence electrons. The number of pyridine rings is 1. The third-order valence-corrected chi connectivity index (χ3v) is 2.86. The molecule has 5 nitrogen and oxygen atoms in total. The fourth-order valence-corrected chi connectivity index (χ4v) is 1.74. The van der Waals surface area contributed by atoms with Crippen molar-refractivity contribution in [3.05, 3.63) is 28.2 Å². The van der Waals surface area contributed by atoms with E-state index in [-0.39, 0.29) is 6.42 Å². The molecule has 0 fully saturated rings. The highest BCUT2D eigenvalue weighted by Gasteiger charge is 2.31. The summed E-state index contributed by atoms with van der Waals surface area (Å²) in [6.07, 6.45) is -0.675. The normalized spacial score (nSPS) is 11.4. The molecule has 0 aromatic carbocycles. The van der Waals surface area contributed by atoms with E-state index in [1.807, 2.05) is 4.98 Å². The van der Waals surface area contributed by atoms with Gasteiger partial charge in [-0.15, -0.1) is 0 Å². The standard InChI is InChI=1S/C13H18F3N3O2/c14-13(15,16)9-7-10(12(21)18-8-9)19-11(20)5-3-1-2-4-6-17/h7-8H,1-6,17H2,(H,18,21)(H,19,20). The topological polar surface area (TPSA) is 88.0 Å². The summed E-state index contributed by atoms with van der Waals surface area (Å²) in [6, 6.07) is 0.630. The van der Waals surface area contributed by atoms with Crippen molar-refractivity contribution in [2.24, 2.45) is 5.73 Å². The number of carbonyl (C=O) groups excluding carboxylic acids is 1. The van der Waals surface area contributed by atoms with E-state index in [9.17, 15) is 22.8 Å². The Morgan fingerprint density at radius 1 is 1.24 bits per heavy atom. The van der Waals surface area contributed by atoms with Crippen LogP contribution < -0.4 is 16.6 Å².